The summed E-state index contributed by atoms with van der Waals surface area (Å²) in [7, 11) is 0. The van der Waals surface area contributed by atoms with Gasteiger partial charge in [0.05, 0.1) is 31.8 Å². The van der Waals surface area contributed by atoms with Crippen molar-refractivity contribution in [3.63, 3.8) is 0 Å². The number of aromatic nitrogens is 2. The van der Waals surface area contributed by atoms with E-state index in [1.807, 2.05) is 0 Å². The molecule has 0 bridgehead atoms. The lowest BCUT2D eigenvalue weighted by Crippen LogP contribution is -2.53. The average molecular weight is 466 g/mol. The molecule has 162 valence electrons. The van der Waals surface area contributed by atoms with E-state index in [1.165, 1.54) is 23.3 Å². The summed E-state index contributed by atoms with van der Waals surface area (Å²) in [4.78, 5) is 21.7. The zero-order valence-electron chi connectivity index (χ0n) is 15.6. The van der Waals surface area contributed by atoms with Crippen LogP contribution in [0.4, 0.5) is 13.2 Å². The van der Waals surface area contributed by atoms with E-state index in [0.29, 0.717) is 11.1 Å². The Hall–Kier alpha value is -2.14. The number of nitrogens with zero attached hydrogens (tertiary/aromatic N) is 3. The van der Waals surface area contributed by atoms with E-state index in [1.54, 1.807) is 19.1 Å². The molecule has 1 aliphatic rings. The minimum absolute atomic E-state index is 0.00304. The van der Waals surface area contributed by atoms with Crippen LogP contribution in [-0.2, 0) is 27.1 Å². The molecule has 0 N–H and O–H groups in total. The molecule has 7 nitrogen and oxygen atoms in total. The Kier molecular flexibility index (Phi) is 6.71. The van der Waals surface area contributed by atoms with Crippen LogP contribution in [0.3, 0.4) is 0 Å². The van der Waals surface area contributed by atoms with Crippen molar-refractivity contribution >= 4 is 29.1 Å². The van der Waals surface area contributed by atoms with E-state index in [9.17, 15) is 18.0 Å². The van der Waals surface area contributed by atoms with Gasteiger partial charge in [0.15, 0.2) is 0 Å². The predicted molar refractivity (Wildman–Crippen MR) is 100.0 cm³/mol. The first-order chi connectivity index (χ1) is 14.1. The molecule has 2 heterocycles. The fourth-order valence-electron chi connectivity index (χ4n) is 2.58. The molecule has 0 spiro atoms. The van der Waals surface area contributed by atoms with E-state index in [4.69, 9.17) is 32.8 Å². The Bertz CT molecular complexity index is 924. The van der Waals surface area contributed by atoms with E-state index < -0.39 is 17.5 Å². The van der Waals surface area contributed by atoms with Gasteiger partial charge in [-0.1, -0.05) is 52.6 Å². The number of hydrogen-bond acceptors (Lipinski definition) is 6. The summed E-state index contributed by atoms with van der Waals surface area (Å²) < 4.78 is 47.2. The largest absolute Gasteiger partial charge is 0.471 e. The summed E-state index contributed by atoms with van der Waals surface area (Å²) in [6, 6.07) is 6.28. The molecule has 1 amide bonds. The zero-order chi connectivity index (χ0) is 21.9. The SMILES string of the molecule is CC1(C(=O)N(Cc2ccc(-c3noc(C(F)(F)F)n3)cc2)OCC=C(Cl)Cl)COC1. The van der Waals surface area contributed by atoms with Gasteiger partial charge in [0.25, 0.3) is 5.91 Å². The summed E-state index contributed by atoms with van der Waals surface area (Å²) >= 11 is 11.1. The first-order valence-electron chi connectivity index (χ1n) is 8.62. The van der Waals surface area contributed by atoms with E-state index >= 15 is 0 Å². The van der Waals surface area contributed by atoms with Crippen LogP contribution in [-0.4, -0.2) is 40.9 Å². The maximum Gasteiger partial charge on any atom is 0.471 e. The fraction of sp³-hybridized carbons (Fsp3) is 0.389. The van der Waals surface area contributed by atoms with Gasteiger partial charge in [0.1, 0.15) is 4.49 Å². The number of carbonyl (C=O) groups excluding carboxylic acids is 1. The lowest BCUT2D eigenvalue weighted by atomic mass is 9.87. The second-order valence-corrected chi connectivity index (χ2v) is 7.81. The van der Waals surface area contributed by atoms with Gasteiger partial charge in [-0.3, -0.25) is 9.63 Å². The average Bonchev–Trinajstić information content (AvgIpc) is 3.15. The molecule has 1 saturated heterocycles. The van der Waals surface area contributed by atoms with E-state index in [0.717, 1.165) is 0 Å². The van der Waals surface area contributed by atoms with Crippen LogP contribution in [0.25, 0.3) is 11.4 Å². The van der Waals surface area contributed by atoms with Crippen LogP contribution >= 0.6 is 23.2 Å². The molecule has 30 heavy (non-hydrogen) atoms. The molecule has 0 radical (unpaired) electrons. The van der Waals surface area contributed by atoms with Crippen LogP contribution < -0.4 is 0 Å². The third-order valence-electron chi connectivity index (χ3n) is 4.26. The van der Waals surface area contributed by atoms with Gasteiger partial charge in [0, 0.05) is 5.56 Å². The molecule has 0 atom stereocenters. The number of carbonyl (C=O) groups is 1. The van der Waals surface area contributed by atoms with Gasteiger partial charge in [-0.05, 0) is 18.6 Å². The first kappa shape index (κ1) is 22.5. The number of ether oxygens (including phenoxy) is 1. The summed E-state index contributed by atoms with van der Waals surface area (Å²) in [5, 5.41) is 4.52. The highest BCUT2D eigenvalue weighted by molar-refractivity contribution is 6.55. The predicted octanol–water partition coefficient (Wildman–Crippen LogP) is 4.37. The smallest absolute Gasteiger partial charge is 0.379 e. The molecule has 0 saturated carbocycles. The number of halogens is 5. The molecule has 12 heteroatoms. The van der Waals surface area contributed by atoms with Gasteiger partial charge in [-0.2, -0.15) is 18.2 Å². The normalized spacial score (nSPS) is 15.4. The second kappa shape index (κ2) is 8.93. The third kappa shape index (κ3) is 5.31. The topological polar surface area (TPSA) is 77.7 Å². The summed E-state index contributed by atoms with van der Waals surface area (Å²) in [6.07, 6.45) is -3.33. The van der Waals surface area contributed by atoms with Crippen molar-refractivity contribution in [3.8, 4) is 11.4 Å². The lowest BCUT2D eigenvalue weighted by Gasteiger charge is -2.39. The highest BCUT2D eigenvalue weighted by atomic mass is 35.5. The van der Waals surface area contributed by atoms with Crippen LogP contribution in [0.5, 0.6) is 0 Å². The van der Waals surface area contributed by atoms with Crippen LogP contribution in [0, 0.1) is 5.41 Å². The van der Waals surface area contributed by atoms with Crippen molar-refractivity contribution in [2.24, 2.45) is 5.41 Å². The van der Waals surface area contributed by atoms with Gasteiger partial charge >= 0.3 is 12.1 Å². The van der Waals surface area contributed by atoms with Gasteiger partial charge in [-0.15, -0.1) is 0 Å². The maximum absolute atomic E-state index is 12.8. The van der Waals surface area contributed by atoms with Crippen LogP contribution in [0.15, 0.2) is 39.4 Å². The zero-order valence-corrected chi connectivity index (χ0v) is 17.1. The maximum atomic E-state index is 12.8. The van der Waals surface area contributed by atoms with Crippen molar-refractivity contribution in [1.29, 1.82) is 0 Å². The fourth-order valence-corrected chi connectivity index (χ4v) is 2.71. The van der Waals surface area contributed by atoms with Crippen molar-refractivity contribution in [2.45, 2.75) is 19.6 Å². The number of hydroxylamine groups is 2. The molecular weight excluding hydrogens is 450 g/mol. The summed E-state index contributed by atoms with van der Waals surface area (Å²) in [5.41, 5.74) is 0.289. The highest BCUT2D eigenvalue weighted by Crippen LogP contribution is 2.31. The Morgan fingerprint density at radius 1 is 1.30 bits per heavy atom. The molecule has 1 aromatic heterocycles. The van der Waals surface area contributed by atoms with Gasteiger partial charge in [0.2, 0.25) is 5.82 Å². The first-order valence-corrected chi connectivity index (χ1v) is 9.38. The number of benzene rings is 1. The molecule has 0 aliphatic carbocycles. The van der Waals surface area contributed by atoms with Crippen molar-refractivity contribution in [3.05, 3.63) is 46.3 Å². The Balaban J connectivity index is 1.73. The van der Waals surface area contributed by atoms with Crippen LogP contribution in [0.2, 0.25) is 0 Å². The van der Waals surface area contributed by atoms with Crippen molar-refractivity contribution in [2.75, 3.05) is 19.8 Å². The minimum Gasteiger partial charge on any atom is -0.379 e. The number of hydrogen-bond donors (Lipinski definition) is 0. The van der Waals surface area contributed by atoms with Crippen molar-refractivity contribution in [1.82, 2.24) is 15.2 Å². The highest BCUT2D eigenvalue weighted by Gasteiger charge is 2.44. The molecule has 1 fully saturated rings. The van der Waals surface area contributed by atoms with Crippen molar-refractivity contribution < 1.29 is 32.1 Å². The number of rotatable bonds is 7. The van der Waals surface area contributed by atoms with Gasteiger partial charge < -0.3 is 9.26 Å². The van der Waals surface area contributed by atoms with Gasteiger partial charge in [-0.25, -0.2) is 5.06 Å². The number of amides is 1. The monoisotopic (exact) mass is 465 g/mol. The van der Waals surface area contributed by atoms with E-state index in [2.05, 4.69) is 14.7 Å². The molecule has 1 aromatic carbocycles. The molecule has 1 aliphatic heterocycles. The third-order valence-corrected chi connectivity index (χ3v) is 4.57. The molecule has 3 rings (SSSR count). The number of alkyl halides is 3. The molecule has 0 unspecified atom stereocenters. The van der Waals surface area contributed by atoms with Crippen LogP contribution in [0.1, 0.15) is 18.4 Å². The summed E-state index contributed by atoms with van der Waals surface area (Å²) in [6.45, 7) is 2.37. The summed E-state index contributed by atoms with van der Waals surface area (Å²) in [5.74, 6) is -1.89. The minimum atomic E-state index is -4.72. The molecule has 2 aromatic rings. The second-order valence-electron chi connectivity index (χ2n) is 6.80. The molecular formula is C18H16Cl2F3N3O4. The quantitative estimate of drug-likeness (QED) is 0.565. The Morgan fingerprint density at radius 3 is 2.47 bits per heavy atom. The Labute approximate surface area is 179 Å². The Morgan fingerprint density at radius 2 is 1.97 bits per heavy atom. The standard InChI is InChI=1S/C18H16Cl2F3N3O4/c1-17(9-28-10-17)16(27)26(29-7-6-13(19)20)8-11-2-4-12(5-3-11)14-24-15(30-25-14)18(21,22)23/h2-6H,7-10H2,1H3. The lowest BCUT2D eigenvalue weighted by molar-refractivity contribution is -0.215. The van der Waals surface area contributed by atoms with E-state index in [-0.39, 0.29) is 42.6 Å².